The molecule has 0 bridgehead atoms. The van der Waals surface area contributed by atoms with Gasteiger partial charge in [0.25, 0.3) is 11.8 Å². The highest BCUT2D eigenvalue weighted by Gasteiger charge is 2.07. The van der Waals surface area contributed by atoms with Crippen molar-refractivity contribution in [3.63, 3.8) is 0 Å². The molecule has 0 aliphatic carbocycles. The number of halogens is 2. The quantitative estimate of drug-likeness (QED) is 0.570. The number of rotatable bonds is 5. The van der Waals surface area contributed by atoms with Gasteiger partial charge in [-0.05, 0) is 36.8 Å². The van der Waals surface area contributed by atoms with Crippen LogP contribution in [-0.2, 0) is 9.59 Å². The summed E-state index contributed by atoms with van der Waals surface area (Å²) in [4.78, 5) is 23.4. The Bertz CT molecular complexity index is 791. The van der Waals surface area contributed by atoms with Crippen molar-refractivity contribution in [1.82, 2.24) is 10.9 Å². The van der Waals surface area contributed by atoms with Crippen LogP contribution < -0.4 is 15.6 Å². The summed E-state index contributed by atoms with van der Waals surface area (Å²) >= 11 is 9.26. The smallest absolute Gasteiger partial charge is 0.276 e. The molecule has 0 aromatic heterocycles. The number of hydrogen-bond donors (Lipinski definition) is 2. The fraction of sp³-hybridized carbons (Fsp3) is 0.111. The van der Waals surface area contributed by atoms with E-state index in [4.69, 9.17) is 16.3 Å². The molecular weight excluding hydrogens is 408 g/mol. The van der Waals surface area contributed by atoms with Crippen LogP contribution in [0, 0.1) is 6.92 Å². The average Bonchev–Trinajstić information content (AvgIpc) is 2.58. The summed E-state index contributed by atoms with van der Waals surface area (Å²) in [7, 11) is 0. The van der Waals surface area contributed by atoms with E-state index in [0.717, 1.165) is 15.6 Å². The minimum absolute atomic E-state index is 0.274. The number of ether oxygens (including phenoxy) is 1. The summed E-state index contributed by atoms with van der Waals surface area (Å²) in [5, 5.41) is 0.382. The van der Waals surface area contributed by atoms with Gasteiger partial charge < -0.3 is 4.74 Å². The predicted molar refractivity (Wildman–Crippen MR) is 101 cm³/mol. The first-order chi connectivity index (χ1) is 11.9. The zero-order valence-electron chi connectivity index (χ0n) is 13.4. The van der Waals surface area contributed by atoms with E-state index in [-0.39, 0.29) is 6.61 Å². The summed E-state index contributed by atoms with van der Waals surface area (Å²) in [5.74, 6) is -0.572. The highest BCUT2D eigenvalue weighted by atomic mass is 79.9. The fourth-order valence-electron chi connectivity index (χ4n) is 1.79. The third-order valence-electron chi connectivity index (χ3n) is 3.08. The van der Waals surface area contributed by atoms with Crippen molar-refractivity contribution < 1.29 is 14.3 Å². The van der Waals surface area contributed by atoms with Crippen LogP contribution in [0.25, 0.3) is 6.08 Å². The molecule has 25 heavy (non-hydrogen) atoms. The van der Waals surface area contributed by atoms with Gasteiger partial charge in [0.1, 0.15) is 5.75 Å². The number of hydrogen-bond acceptors (Lipinski definition) is 3. The number of carbonyl (C=O) groups is 2. The molecule has 2 aromatic carbocycles. The Balaban J connectivity index is 1.75. The van der Waals surface area contributed by atoms with E-state index in [1.807, 2.05) is 31.2 Å². The number of nitrogens with one attached hydrogen (secondary N) is 2. The lowest BCUT2D eigenvalue weighted by Crippen LogP contribution is -2.43. The fourth-order valence-corrected chi connectivity index (χ4v) is 2.52. The number of aryl methyl sites for hydroxylation is 1. The van der Waals surface area contributed by atoms with Crippen LogP contribution in [0.15, 0.2) is 53.0 Å². The van der Waals surface area contributed by atoms with Crippen LogP contribution >= 0.6 is 27.5 Å². The van der Waals surface area contributed by atoms with Crippen molar-refractivity contribution in [2.45, 2.75) is 6.92 Å². The molecule has 7 heteroatoms. The molecule has 0 saturated heterocycles. The second-order valence-corrected chi connectivity index (χ2v) is 6.47. The van der Waals surface area contributed by atoms with Crippen LogP contribution in [0.1, 0.15) is 11.1 Å². The van der Waals surface area contributed by atoms with Gasteiger partial charge in [0, 0.05) is 10.5 Å². The monoisotopic (exact) mass is 422 g/mol. The zero-order valence-corrected chi connectivity index (χ0v) is 15.7. The van der Waals surface area contributed by atoms with Gasteiger partial charge in [-0.2, -0.15) is 0 Å². The van der Waals surface area contributed by atoms with Crippen LogP contribution in [-0.4, -0.2) is 18.4 Å². The highest BCUT2D eigenvalue weighted by molar-refractivity contribution is 9.10. The Labute approximate surface area is 159 Å². The standard InChI is InChI=1S/C18H16BrClN2O3/c1-12-2-4-13(5-3-12)6-9-17(23)21-22-18(24)11-25-16-8-7-14(19)10-15(16)20/h2-10H,11H2,1H3,(H,21,23)(H,22,24)/b9-6+. The minimum atomic E-state index is -0.504. The van der Waals surface area contributed by atoms with E-state index in [0.29, 0.717) is 10.8 Å². The van der Waals surface area contributed by atoms with Gasteiger partial charge in [0.05, 0.1) is 5.02 Å². The van der Waals surface area contributed by atoms with Gasteiger partial charge in [-0.15, -0.1) is 0 Å². The molecule has 0 unspecified atom stereocenters. The predicted octanol–water partition coefficient (Wildman–Crippen LogP) is 3.65. The maximum absolute atomic E-state index is 11.7. The Kier molecular flexibility index (Phi) is 7.03. The number of hydrazine groups is 1. The lowest BCUT2D eigenvalue weighted by molar-refractivity contribution is -0.128. The van der Waals surface area contributed by atoms with Gasteiger partial charge in [0.15, 0.2) is 6.61 Å². The lowest BCUT2D eigenvalue weighted by Gasteiger charge is -2.09. The van der Waals surface area contributed by atoms with Gasteiger partial charge in [-0.3, -0.25) is 20.4 Å². The SMILES string of the molecule is Cc1ccc(/C=C/C(=O)NNC(=O)COc2ccc(Br)cc2Cl)cc1. The van der Waals surface area contributed by atoms with Crippen molar-refractivity contribution >= 4 is 45.4 Å². The molecule has 2 aromatic rings. The lowest BCUT2D eigenvalue weighted by atomic mass is 10.1. The number of carbonyl (C=O) groups excluding carboxylic acids is 2. The molecule has 0 radical (unpaired) electrons. The van der Waals surface area contributed by atoms with Crippen molar-refractivity contribution in [3.05, 3.63) is 69.2 Å². The molecule has 2 rings (SSSR count). The molecule has 0 heterocycles. The third-order valence-corrected chi connectivity index (χ3v) is 3.87. The third kappa shape index (κ3) is 6.60. The normalized spacial score (nSPS) is 10.5. The second kappa shape index (κ2) is 9.25. The van der Waals surface area contributed by atoms with E-state index < -0.39 is 11.8 Å². The van der Waals surface area contributed by atoms with Crippen molar-refractivity contribution in [3.8, 4) is 5.75 Å². The summed E-state index contributed by atoms with van der Waals surface area (Å²) < 4.78 is 6.10. The Morgan fingerprint density at radius 2 is 1.88 bits per heavy atom. The highest BCUT2D eigenvalue weighted by Crippen LogP contribution is 2.27. The topological polar surface area (TPSA) is 67.4 Å². The van der Waals surface area contributed by atoms with E-state index in [2.05, 4.69) is 26.8 Å². The minimum Gasteiger partial charge on any atom is -0.482 e. The zero-order chi connectivity index (χ0) is 18.2. The molecule has 0 fully saturated rings. The van der Waals surface area contributed by atoms with Crippen molar-refractivity contribution in [1.29, 1.82) is 0 Å². The first kappa shape index (κ1) is 19.0. The summed E-state index contributed by atoms with van der Waals surface area (Å²) in [6.45, 7) is 1.71. The van der Waals surface area contributed by atoms with Crippen LogP contribution in [0.5, 0.6) is 5.75 Å². The van der Waals surface area contributed by atoms with E-state index in [1.165, 1.54) is 6.08 Å². The van der Waals surface area contributed by atoms with Crippen LogP contribution in [0.3, 0.4) is 0 Å². The largest absolute Gasteiger partial charge is 0.482 e. The number of amides is 2. The molecule has 5 nitrogen and oxygen atoms in total. The molecule has 0 aliphatic rings. The summed E-state index contributed by atoms with van der Waals surface area (Å²) in [5.41, 5.74) is 6.57. The molecule has 130 valence electrons. The molecule has 0 aliphatic heterocycles. The van der Waals surface area contributed by atoms with Gasteiger partial charge in [0.2, 0.25) is 0 Å². The Hall–Kier alpha value is -2.31. The maximum Gasteiger partial charge on any atom is 0.276 e. The van der Waals surface area contributed by atoms with E-state index in [9.17, 15) is 9.59 Å². The van der Waals surface area contributed by atoms with Gasteiger partial charge >= 0.3 is 0 Å². The second-order valence-electron chi connectivity index (χ2n) is 5.14. The molecule has 0 atom stereocenters. The first-order valence-corrected chi connectivity index (χ1v) is 8.52. The molecule has 2 amide bonds. The van der Waals surface area contributed by atoms with Gasteiger partial charge in [-0.1, -0.05) is 57.4 Å². The van der Waals surface area contributed by atoms with Crippen LogP contribution in [0.4, 0.5) is 0 Å². The van der Waals surface area contributed by atoms with E-state index >= 15 is 0 Å². The molecule has 2 N–H and O–H groups in total. The molecular formula is C18H16BrClN2O3. The van der Waals surface area contributed by atoms with Crippen molar-refractivity contribution in [2.75, 3.05) is 6.61 Å². The summed E-state index contributed by atoms with van der Waals surface area (Å²) in [6, 6.07) is 12.7. The Morgan fingerprint density at radius 3 is 2.56 bits per heavy atom. The van der Waals surface area contributed by atoms with Gasteiger partial charge in [-0.25, -0.2) is 0 Å². The van der Waals surface area contributed by atoms with E-state index in [1.54, 1.807) is 24.3 Å². The maximum atomic E-state index is 11.7. The summed E-state index contributed by atoms with van der Waals surface area (Å²) in [6.07, 6.45) is 2.98. The molecule has 0 spiro atoms. The van der Waals surface area contributed by atoms with Crippen LogP contribution in [0.2, 0.25) is 5.02 Å². The average molecular weight is 424 g/mol. The Morgan fingerprint density at radius 1 is 1.16 bits per heavy atom. The number of benzene rings is 2. The molecule has 0 saturated carbocycles. The first-order valence-electron chi connectivity index (χ1n) is 7.35. The van der Waals surface area contributed by atoms with Crippen molar-refractivity contribution in [2.24, 2.45) is 0 Å².